The van der Waals surface area contributed by atoms with Gasteiger partial charge in [-0.1, -0.05) is 47.9 Å². The molecule has 0 rings (SSSR count). The van der Waals surface area contributed by atoms with Gasteiger partial charge in [-0.25, -0.2) is 0 Å². The average Bonchev–Trinajstić information content (AvgIpc) is 1.97. The quantitative estimate of drug-likeness (QED) is 0.428. The molecule has 0 unspecified atom stereocenters. The van der Waals surface area contributed by atoms with Crippen LogP contribution in [-0.4, -0.2) is 13.3 Å². The van der Waals surface area contributed by atoms with Crippen LogP contribution in [0.15, 0.2) is 36.6 Å². The molecule has 2 nitrogen and oxygen atoms in total. The van der Waals surface area contributed by atoms with Crippen LogP contribution in [0.1, 0.15) is 29.7 Å². The zero-order valence-corrected chi connectivity index (χ0v) is 5.95. The van der Waals surface area contributed by atoms with Gasteiger partial charge in [-0.05, 0) is 18.4 Å². The van der Waals surface area contributed by atoms with Crippen molar-refractivity contribution in [2.45, 2.75) is 29.7 Å². The van der Waals surface area contributed by atoms with Gasteiger partial charge in [-0.15, -0.1) is 0 Å². The number of allylic oxidation sites excluding steroid dienone is 5. The average molecular weight is 201 g/mol. The smallest absolute Gasteiger partial charge is 0.142 e. The van der Waals surface area contributed by atoms with Gasteiger partial charge in [0.2, 0.25) is 0 Å². The Morgan fingerprint density at radius 3 is 1.64 bits per heavy atom. The highest BCUT2D eigenvalue weighted by Crippen LogP contribution is 1.76. The lowest BCUT2D eigenvalue weighted by Gasteiger charge is -1.78. The Labute approximate surface area is 90.4 Å². The zero-order chi connectivity index (χ0) is 7.66. The van der Waals surface area contributed by atoms with Crippen LogP contribution >= 0.6 is 0 Å². The van der Waals surface area contributed by atoms with Crippen molar-refractivity contribution in [3.8, 4) is 0 Å². The van der Waals surface area contributed by atoms with Crippen LogP contribution in [0.5, 0.6) is 0 Å². The van der Waals surface area contributed by atoms with E-state index in [9.17, 15) is 4.79 Å². The Morgan fingerprint density at radius 1 is 0.786 bits per heavy atom. The number of nitrogens with one attached hydrogen (secondary N) is 1. The second-order valence-corrected chi connectivity index (χ2v) is 1.55. The highest BCUT2D eigenvalue weighted by atomic mass is 16.1. The predicted molar refractivity (Wildman–Crippen MR) is 69.5 cm³/mol. The van der Waals surface area contributed by atoms with Gasteiger partial charge in [-0.3, -0.25) is 4.79 Å². The summed E-state index contributed by atoms with van der Waals surface area (Å²) in [4.78, 5) is 9.74. The number of hydrogen-bond acceptors (Lipinski definition) is 2. The van der Waals surface area contributed by atoms with Crippen LogP contribution in [0.3, 0.4) is 0 Å². The standard InChI is InChI=1S/C8H11NO.4CH4/c1-9-7-5-3-2-4-6-8-10;;;;/h2-9H,1H3;4*1H4. The van der Waals surface area contributed by atoms with E-state index in [-0.39, 0.29) is 29.7 Å². The minimum absolute atomic E-state index is 0. The van der Waals surface area contributed by atoms with Gasteiger partial charge in [-0.2, -0.15) is 0 Å². The van der Waals surface area contributed by atoms with Gasteiger partial charge in [0.15, 0.2) is 0 Å². The Balaban J connectivity index is -0.0000000675. The molecule has 0 atom stereocenters. The third-order valence-corrected chi connectivity index (χ3v) is 0.786. The van der Waals surface area contributed by atoms with Crippen molar-refractivity contribution in [3.63, 3.8) is 0 Å². The van der Waals surface area contributed by atoms with Gasteiger partial charge in [0.05, 0.1) is 0 Å². The first-order valence-electron chi connectivity index (χ1n) is 3.02. The molecule has 0 saturated heterocycles. The fourth-order valence-electron chi connectivity index (χ4n) is 0.390. The van der Waals surface area contributed by atoms with Crippen molar-refractivity contribution in [3.05, 3.63) is 36.6 Å². The molecular weight excluding hydrogens is 174 g/mol. The van der Waals surface area contributed by atoms with Gasteiger partial charge < -0.3 is 5.32 Å². The number of hydrogen-bond donors (Lipinski definition) is 1. The third kappa shape index (κ3) is 31.0. The molecule has 0 aliphatic rings. The molecule has 0 aliphatic carbocycles. The van der Waals surface area contributed by atoms with E-state index in [0.717, 1.165) is 6.29 Å². The van der Waals surface area contributed by atoms with E-state index >= 15 is 0 Å². The van der Waals surface area contributed by atoms with Crippen LogP contribution in [0.25, 0.3) is 0 Å². The van der Waals surface area contributed by atoms with Gasteiger partial charge in [0.25, 0.3) is 0 Å². The molecule has 86 valence electrons. The van der Waals surface area contributed by atoms with E-state index in [1.807, 2.05) is 19.2 Å². The summed E-state index contributed by atoms with van der Waals surface area (Å²) in [5.74, 6) is 0. The minimum Gasteiger partial charge on any atom is -0.394 e. The molecule has 0 bridgehead atoms. The molecule has 0 heterocycles. The van der Waals surface area contributed by atoms with Crippen LogP contribution in [0.4, 0.5) is 0 Å². The molecular formula is C12H27NO. The molecule has 2 heteroatoms. The maximum Gasteiger partial charge on any atom is 0.142 e. The van der Waals surface area contributed by atoms with E-state index in [1.165, 1.54) is 6.08 Å². The number of carbonyl (C=O) groups excluding carboxylic acids is 1. The lowest BCUT2D eigenvalue weighted by Crippen LogP contribution is -1.89. The summed E-state index contributed by atoms with van der Waals surface area (Å²) in [5.41, 5.74) is 0. The lowest BCUT2D eigenvalue weighted by atomic mass is 10.4. The van der Waals surface area contributed by atoms with Crippen molar-refractivity contribution in [2.75, 3.05) is 7.05 Å². The highest BCUT2D eigenvalue weighted by Gasteiger charge is 1.61. The number of rotatable bonds is 4. The van der Waals surface area contributed by atoms with Crippen molar-refractivity contribution in [1.82, 2.24) is 5.32 Å². The van der Waals surface area contributed by atoms with E-state index in [1.54, 1.807) is 18.4 Å². The Kier molecular flexibility index (Phi) is 62.5. The summed E-state index contributed by atoms with van der Waals surface area (Å²) in [5, 5.41) is 2.83. The Hall–Kier alpha value is -1.31. The van der Waals surface area contributed by atoms with Crippen LogP contribution < -0.4 is 5.32 Å². The second kappa shape index (κ2) is 29.8. The third-order valence-electron chi connectivity index (χ3n) is 0.786. The monoisotopic (exact) mass is 201 g/mol. The molecule has 0 aromatic carbocycles. The maximum atomic E-state index is 9.74. The fourth-order valence-corrected chi connectivity index (χ4v) is 0.390. The molecule has 1 N–H and O–H groups in total. The molecule has 0 amide bonds. The number of aldehydes is 1. The van der Waals surface area contributed by atoms with E-state index in [0.29, 0.717) is 0 Å². The summed E-state index contributed by atoms with van der Waals surface area (Å²) in [7, 11) is 1.82. The van der Waals surface area contributed by atoms with Gasteiger partial charge >= 0.3 is 0 Å². The summed E-state index contributed by atoms with van der Waals surface area (Å²) in [6, 6.07) is 0. The molecule has 0 saturated carbocycles. The first-order valence-corrected chi connectivity index (χ1v) is 3.02. The molecule has 0 radical (unpaired) electrons. The van der Waals surface area contributed by atoms with E-state index < -0.39 is 0 Å². The Morgan fingerprint density at radius 2 is 1.21 bits per heavy atom. The SMILES string of the molecule is C.C.C.C.CNC=CC=CC=CC=O. The van der Waals surface area contributed by atoms with Crippen LogP contribution in [-0.2, 0) is 4.79 Å². The number of carbonyl (C=O) groups is 1. The fraction of sp³-hybridized carbons (Fsp3) is 0.417. The van der Waals surface area contributed by atoms with Crippen molar-refractivity contribution in [2.24, 2.45) is 0 Å². The molecule has 14 heavy (non-hydrogen) atoms. The largest absolute Gasteiger partial charge is 0.394 e. The molecule has 0 aromatic heterocycles. The first-order chi connectivity index (χ1) is 4.91. The van der Waals surface area contributed by atoms with Gasteiger partial charge in [0, 0.05) is 7.05 Å². The lowest BCUT2D eigenvalue weighted by molar-refractivity contribution is -0.104. The predicted octanol–water partition coefficient (Wildman–Crippen LogP) is 3.58. The van der Waals surface area contributed by atoms with E-state index in [4.69, 9.17) is 0 Å². The highest BCUT2D eigenvalue weighted by molar-refractivity contribution is 5.65. The van der Waals surface area contributed by atoms with Crippen molar-refractivity contribution in [1.29, 1.82) is 0 Å². The molecule has 0 aromatic rings. The zero-order valence-electron chi connectivity index (χ0n) is 5.95. The molecule has 0 fully saturated rings. The van der Waals surface area contributed by atoms with E-state index in [2.05, 4.69) is 5.32 Å². The van der Waals surface area contributed by atoms with Gasteiger partial charge in [0.1, 0.15) is 6.29 Å². The minimum atomic E-state index is 0. The normalized spacial score (nSPS) is 8.36. The van der Waals surface area contributed by atoms with Crippen molar-refractivity contribution >= 4 is 6.29 Å². The summed E-state index contributed by atoms with van der Waals surface area (Å²) < 4.78 is 0. The molecule has 0 spiro atoms. The summed E-state index contributed by atoms with van der Waals surface area (Å²) >= 11 is 0. The molecule has 0 aliphatic heterocycles. The maximum absolute atomic E-state index is 9.74. The topological polar surface area (TPSA) is 29.1 Å². The van der Waals surface area contributed by atoms with Crippen LogP contribution in [0.2, 0.25) is 0 Å². The van der Waals surface area contributed by atoms with Crippen molar-refractivity contribution < 1.29 is 4.79 Å². The summed E-state index contributed by atoms with van der Waals surface area (Å²) in [6.07, 6.45) is 11.1. The first kappa shape index (κ1) is 29.3. The summed E-state index contributed by atoms with van der Waals surface area (Å²) in [6.45, 7) is 0. The second-order valence-electron chi connectivity index (χ2n) is 1.55. The Bertz CT molecular complexity index is 158. The van der Waals surface area contributed by atoms with Crippen LogP contribution in [0, 0.1) is 0 Å².